The van der Waals surface area contributed by atoms with Crippen molar-refractivity contribution in [2.24, 2.45) is 9.54 Å². The lowest BCUT2D eigenvalue weighted by atomic mass is 10.2. The summed E-state index contributed by atoms with van der Waals surface area (Å²) in [6, 6.07) is 15.4. The molecule has 0 amide bonds. The fraction of sp³-hybridized carbons (Fsp3) is 0.417. The van der Waals surface area contributed by atoms with Gasteiger partial charge in [0, 0.05) is 11.8 Å². The van der Waals surface area contributed by atoms with Crippen LogP contribution in [0.25, 0.3) is 0 Å². The first-order valence-corrected chi connectivity index (χ1v) is 12.2. The molecule has 2 N–H and O–H groups in total. The van der Waals surface area contributed by atoms with Gasteiger partial charge in [-0.1, -0.05) is 59.7 Å². The molecule has 172 valence electrons. The Labute approximate surface area is 192 Å². The summed E-state index contributed by atoms with van der Waals surface area (Å²) >= 11 is 0. The Kier molecular flexibility index (Phi) is 12.6. The summed E-state index contributed by atoms with van der Waals surface area (Å²) in [5, 5.41) is 5.04. The Bertz CT molecular complexity index is 877. The van der Waals surface area contributed by atoms with Crippen molar-refractivity contribution in [1.82, 2.24) is 0 Å². The topological polar surface area (TPSA) is 89.6 Å². The van der Waals surface area contributed by atoms with Crippen molar-refractivity contribution in [3.05, 3.63) is 70.8 Å². The van der Waals surface area contributed by atoms with E-state index in [1.54, 1.807) is 6.21 Å². The molecule has 0 bridgehead atoms. The van der Waals surface area contributed by atoms with Gasteiger partial charge in [-0.3, -0.25) is 9.93 Å². The Morgan fingerprint density at radius 3 is 1.39 bits per heavy atom. The fourth-order valence-corrected chi connectivity index (χ4v) is 2.10. The molecular weight excluding hydrogens is 428 g/mol. The summed E-state index contributed by atoms with van der Waals surface area (Å²) in [4.78, 5) is 10.1. The number of benzene rings is 2. The van der Waals surface area contributed by atoms with Crippen LogP contribution in [-0.4, -0.2) is 30.4 Å². The Hall–Kier alpha value is -1.96. The molecule has 2 rings (SSSR count). The van der Waals surface area contributed by atoms with E-state index in [1.165, 1.54) is 11.1 Å². The van der Waals surface area contributed by atoms with Gasteiger partial charge >= 0.3 is 0 Å². The number of aldehydes is 1. The van der Waals surface area contributed by atoms with E-state index >= 15 is 0 Å². The third-order valence-electron chi connectivity index (χ3n) is 3.72. The van der Waals surface area contributed by atoms with Crippen molar-refractivity contribution in [3.8, 4) is 0 Å². The van der Waals surface area contributed by atoms with E-state index in [-0.39, 0.29) is 9.49 Å². The number of aryl methyl sites for hydroxylation is 2. The van der Waals surface area contributed by atoms with Gasteiger partial charge in [0.05, 0.1) is 20.5 Å². The summed E-state index contributed by atoms with van der Waals surface area (Å²) in [6.07, 6.45) is 2.51. The molecule has 7 heteroatoms. The zero-order valence-electron chi connectivity index (χ0n) is 19.8. The van der Waals surface area contributed by atoms with Crippen molar-refractivity contribution in [1.29, 1.82) is 0 Å². The van der Waals surface area contributed by atoms with Gasteiger partial charge in [0.1, 0.15) is 17.3 Å². The van der Waals surface area contributed by atoms with Crippen molar-refractivity contribution in [2.75, 3.05) is 0 Å². The maximum atomic E-state index is 11.6. The van der Waals surface area contributed by atoms with Gasteiger partial charge in [-0.05, 0) is 61.0 Å². The molecular formula is C24H36N2O3S2. The lowest BCUT2D eigenvalue weighted by molar-refractivity contribution is 0.112. The maximum Gasteiger partial charge on any atom is 0.150 e. The average molecular weight is 465 g/mol. The van der Waals surface area contributed by atoms with Crippen molar-refractivity contribution in [2.45, 2.75) is 64.9 Å². The number of hydrogen-bond donors (Lipinski definition) is 1. The quantitative estimate of drug-likeness (QED) is 0.507. The zero-order valence-corrected chi connectivity index (χ0v) is 21.5. The van der Waals surface area contributed by atoms with E-state index < -0.39 is 22.0 Å². The zero-order chi connectivity index (χ0) is 24.2. The highest BCUT2D eigenvalue weighted by Crippen LogP contribution is 2.12. The highest BCUT2D eigenvalue weighted by Gasteiger charge is 2.18. The van der Waals surface area contributed by atoms with Crippen LogP contribution in [0.5, 0.6) is 0 Å². The predicted octanol–water partition coefficient (Wildman–Crippen LogP) is 5.09. The van der Waals surface area contributed by atoms with Gasteiger partial charge in [-0.25, -0.2) is 8.42 Å². The van der Waals surface area contributed by atoms with Crippen LogP contribution in [-0.2, 0) is 22.0 Å². The molecule has 2 atom stereocenters. The SMILES string of the molecule is CC(C)(C)[S@@](N)=O.Cc1ccc(C=N[S@@](=O)C(C)(C)C)cc1.Cc1ccc(C=O)cc1. The second-order valence-electron chi connectivity index (χ2n) is 8.95. The van der Waals surface area contributed by atoms with E-state index in [1.807, 2.05) is 104 Å². The fourth-order valence-electron chi connectivity index (χ4n) is 1.56. The molecule has 0 radical (unpaired) electrons. The summed E-state index contributed by atoms with van der Waals surface area (Å²) in [6.45, 7) is 15.3. The van der Waals surface area contributed by atoms with Crippen LogP contribution >= 0.6 is 0 Å². The van der Waals surface area contributed by atoms with Crippen LogP contribution in [0.2, 0.25) is 0 Å². The number of nitrogens with two attached hydrogens (primary N) is 1. The van der Waals surface area contributed by atoms with Gasteiger partial charge < -0.3 is 0 Å². The van der Waals surface area contributed by atoms with Crippen LogP contribution in [0.15, 0.2) is 52.9 Å². The molecule has 0 aliphatic heterocycles. The number of rotatable bonds is 3. The highest BCUT2D eigenvalue weighted by molar-refractivity contribution is 7.85. The number of hydrogen-bond acceptors (Lipinski definition) is 3. The standard InChI is InChI=1S/C12H17NOS.C8H8O.C4H11NOS/c1-10-5-7-11(8-6-10)9-13-15(14)12(2,3)4;1-7-2-4-8(6-9)5-3-7;1-4(2,3)7(5)6/h5-9H,1-4H3;2-6H,1H3;5H2,1-3H3/t15-;;7-/m0.0/s1. The second kappa shape index (κ2) is 13.5. The third-order valence-corrected chi connectivity index (χ3v) is 6.27. The molecule has 0 saturated carbocycles. The Balaban J connectivity index is 0.000000479. The van der Waals surface area contributed by atoms with Crippen molar-refractivity contribution < 1.29 is 13.2 Å². The predicted molar refractivity (Wildman–Crippen MR) is 135 cm³/mol. The molecule has 2 aromatic rings. The minimum absolute atomic E-state index is 0.250. The average Bonchev–Trinajstić information content (AvgIpc) is 2.67. The number of carbonyl (C=O) groups excluding carboxylic acids is 1. The number of nitrogens with zero attached hydrogens (tertiary/aromatic N) is 1. The minimum atomic E-state index is -1.18. The molecule has 0 spiro atoms. The summed E-state index contributed by atoms with van der Waals surface area (Å²) < 4.78 is 25.5. The van der Waals surface area contributed by atoms with Gasteiger partial charge in [-0.15, -0.1) is 0 Å². The van der Waals surface area contributed by atoms with E-state index in [9.17, 15) is 13.2 Å². The summed E-state index contributed by atoms with van der Waals surface area (Å²) in [5.41, 5.74) is 4.11. The van der Waals surface area contributed by atoms with Crippen LogP contribution in [0.4, 0.5) is 0 Å². The first-order valence-electron chi connectivity index (χ1n) is 9.87. The Morgan fingerprint density at radius 2 is 1.10 bits per heavy atom. The molecule has 2 aromatic carbocycles. The normalized spacial score (nSPS) is 13.3. The molecule has 0 fully saturated rings. The van der Waals surface area contributed by atoms with Crippen molar-refractivity contribution >= 4 is 34.5 Å². The molecule has 5 nitrogen and oxygen atoms in total. The van der Waals surface area contributed by atoms with E-state index in [2.05, 4.69) is 4.40 Å². The molecule has 31 heavy (non-hydrogen) atoms. The summed E-state index contributed by atoms with van der Waals surface area (Å²) in [7, 11) is -2.36. The molecule has 0 aliphatic rings. The monoisotopic (exact) mass is 464 g/mol. The molecule has 0 unspecified atom stereocenters. The van der Waals surface area contributed by atoms with Gasteiger partial charge in [-0.2, -0.15) is 4.40 Å². The third kappa shape index (κ3) is 13.9. The first kappa shape index (κ1) is 29.0. The van der Waals surface area contributed by atoms with Crippen LogP contribution < -0.4 is 5.14 Å². The number of carbonyl (C=O) groups is 1. The lowest BCUT2D eigenvalue weighted by Gasteiger charge is -2.12. The van der Waals surface area contributed by atoms with E-state index in [4.69, 9.17) is 5.14 Å². The first-order chi connectivity index (χ1) is 14.2. The molecule has 0 aliphatic carbocycles. The maximum absolute atomic E-state index is 11.6. The molecule has 0 heterocycles. The molecule has 0 aromatic heterocycles. The Morgan fingerprint density at radius 1 is 0.742 bits per heavy atom. The van der Waals surface area contributed by atoms with Gasteiger partial charge in [0.15, 0.2) is 0 Å². The van der Waals surface area contributed by atoms with Crippen molar-refractivity contribution in [3.63, 3.8) is 0 Å². The van der Waals surface area contributed by atoms with E-state index in [0.29, 0.717) is 0 Å². The van der Waals surface area contributed by atoms with Crippen LogP contribution in [0.3, 0.4) is 0 Å². The highest BCUT2D eigenvalue weighted by atomic mass is 32.2. The molecule has 0 saturated heterocycles. The van der Waals surface area contributed by atoms with Crippen LogP contribution in [0.1, 0.15) is 68.6 Å². The second-order valence-corrected chi connectivity index (χ2v) is 12.7. The summed E-state index contributed by atoms with van der Waals surface area (Å²) in [5.74, 6) is 0. The minimum Gasteiger partial charge on any atom is -0.298 e. The van der Waals surface area contributed by atoms with E-state index in [0.717, 1.165) is 17.4 Å². The lowest BCUT2D eigenvalue weighted by Crippen LogP contribution is -2.27. The smallest absolute Gasteiger partial charge is 0.150 e. The van der Waals surface area contributed by atoms with Crippen LogP contribution in [0, 0.1) is 13.8 Å². The largest absolute Gasteiger partial charge is 0.298 e. The van der Waals surface area contributed by atoms with Gasteiger partial charge in [0.2, 0.25) is 0 Å². The van der Waals surface area contributed by atoms with Gasteiger partial charge in [0.25, 0.3) is 0 Å².